The van der Waals surface area contributed by atoms with Crippen molar-refractivity contribution in [1.29, 1.82) is 0 Å². The van der Waals surface area contributed by atoms with Gasteiger partial charge >= 0.3 is 0 Å². The maximum Gasteiger partial charge on any atom is 0.164 e. The lowest BCUT2D eigenvalue weighted by Gasteiger charge is -2.10. The molecule has 7 rings (SSSR count). The summed E-state index contributed by atoms with van der Waals surface area (Å²) in [6.45, 7) is 0. The van der Waals surface area contributed by atoms with Crippen LogP contribution in [0.25, 0.3) is 67.5 Å². The van der Waals surface area contributed by atoms with Crippen LogP contribution >= 0.6 is 0 Å². The Morgan fingerprint density at radius 2 is 0.478 bits per heavy atom. The van der Waals surface area contributed by atoms with E-state index in [4.69, 9.17) is 0 Å². The van der Waals surface area contributed by atoms with Crippen LogP contribution in [0.4, 0.5) is 17.6 Å². The van der Waals surface area contributed by atoms with Gasteiger partial charge in [-0.2, -0.15) is 0 Å². The van der Waals surface area contributed by atoms with Crippen molar-refractivity contribution >= 4 is 0 Å². The molecule has 7 heteroatoms. The van der Waals surface area contributed by atoms with Gasteiger partial charge in [-0.3, -0.25) is 0 Å². The standard InChI is InChI=1S/C39H23F4N3/c40-33-17-13-30(14-18-33)38-44-37(45-39(46-38)31-15-19-34(41)20-16-31)29-11-9-27(10-12-29)25-3-1-24(2-4-25)26-5-7-28(8-6-26)32-21-35(42)23-36(43)22-32/h1-23H. The first kappa shape index (κ1) is 28.8. The van der Waals surface area contributed by atoms with E-state index in [2.05, 4.69) is 15.0 Å². The van der Waals surface area contributed by atoms with Crippen LogP contribution in [-0.4, -0.2) is 15.0 Å². The molecular weight excluding hydrogens is 586 g/mol. The number of aromatic nitrogens is 3. The Balaban J connectivity index is 1.15. The number of benzene rings is 6. The van der Waals surface area contributed by atoms with Crippen molar-refractivity contribution in [3.8, 4) is 67.5 Å². The van der Waals surface area contributed by atoms with Crippen molar-refractivity contribution < 1.29 is 17.6 Å². The summed E-state index contributed by atoms with van der Waals surface area (Å²) in [5.74, 6) is -0.768. The van der Waals surface area contributed by atoms with Crippen LogP contribution in [0.5, 0.6) is 0 Å². The molecule has 1 heterocycles. The highest BCUT2D eigenvalue weighted by atomic mass is 19.1. The average Bonchev–Trinajstić information content (AvgIpc) is 3.08. The third-order valence-electron chi connectivity index (χ3n) is 7.62. The number of hydrogen-bond donors (Lipinski definition) is 0. The lowest BCUT2D eigenvalue weighted by molar-refractivity contribution is 0.584. The Morgan fingerprint density at radius 3 is 0.783 bits per heavy atom. The van der Waals surface area contributed by atoms with Crippen LogP contribution in [0.15, 0.2) is 140 Å². The molecule has 0 aliphatic rings. The van der Waals surface area contributed by atoms with E-state index in [1.165, 1.54) is 36.4 Å². The van der Waals surface area contributed by atoms with Crippen molar-refractivity contribution in [3.63, 3.8) is 0 Å². The monoisotopic (exact) mass is 609 g/mol. The first-order valence-electron chi connectivity index (χ1n) is 14.4. The lowest BCUT2D eigenvalue weighted by atomic mass is 9.97. The molecule has 0 amide bonds. The molecule has 1 aromatic heterocycles. The number of rotatable bonds is 6. The van der Waals surface area contributed by atoms with Crippen LogP contribution in [-0.2, 0) is 0 Å². The molecule has 0 N–H and O–H groups in total. The van der Waals surface area contributed by atoms with Crippen LogP contribution in [0, 0.1) is 23.3 Å². The normalized spacial score (nSPS) is 11.0. The topological polar surface area (TPSA) is 38.7 Å². The summed E-state index contributed by atoms with van der Waals surface area (Å²) in [6, 6.07) is 38.8. The predicted molar refractivity (Wildman–Crippen MR) is 172 cm³/mol. The highest BCUT2D eigenvalue weighted by Gasteiger charge is 2.13. The minimum absolute atomic E-state index is 0.364. The molecule has 0 bridgehead atoms. The van der Waals surface area contributed by atoms with Crippen molar-refractivity contribution in [2.45, 2.75) is 0 Å². The quantitative estimate of drug-likeness (QED) is 0.176. The summed E-state index contributed by atoms with van der Waals surface area (Å²) < 4.78 is 54.5. The molecule has 0 fully saturated rings. The second-order valence-electron chi connectivity index (χ2n) is 10.7. The second kappa shape index (κ2) is 12.2. The van der Waals surface area contributed by atoms with Gasteiger partial charge in [0.25, 0.3) is 0 Å². The summed E-state index contributed by atoms with van der Waals surface area (Å²) in [6.07, 6.45) is 0. The Labute approximate surface area is 262 Å². The van der Waals surface area contributed by atoms with Gasteiger partial charge in [-0.15, -0.1) is 0 Å². The van der Waals surface area contributed by atoms with Crippen molar-refractivity contribution in [2.24, 2.45) is 0 Å². The van der Waals surface area contributed by atoms with Crippen LogP contribution < -0.4 is 0 Å². The summed E-state index contributed by atoms with van der Waals surface area (Å²) in [5.41, 5.74) is 7.21. The molecule has 3 nitrogen and oxygen atoms in total. The van der Waals surface area contributed by atoms with Gasteiger partial charge in [0.05, 0.1) is 0 Å². The molecule has 7 aromatic rings. The van der Waals surface area contributed by atoms with E-state index in [1.54, 1.807) is 24.3 Å². The SMILES string of the molecule is Fc1ccc(-c2nc(-c3ccc(F)cc3)nc(-c3ccc(-c4ccc(-c5ccc(-c6cc(F)cc(F)c6)cc5)cc4)cc3)n2)cc1. The Morgan fingerprint density at radius 1 is 0.239 bits per heavy atom. The van der Waals surface area contributed by atoms with Crippen molar-refractivity contribution in [2.75, 3.05) is 0 Å². The highest BCUT2D eigenvalue weighted by Crippen LogP contribution is 2.30. The van der Waals surface area contributed by atoms with Gasteiger partial charge in [0.2, 0.25) is 0 Å². The zero-order valence-electron chi connectivity index (χ0n) is 24.1. The molecule has 0 radical (unpaired) electrons. The zero-order valence-corrected chi connectivity index (χ0v) is 24.1. The molecule has 0 spiro atoms. The minimum atomic E-state index is -0.611. The van der Waals surface area contributed by atoms with E-state index in [9.17, 15) is 17.6 Å². The Hall–Kier alpha value is -5.95. The molecule has 46 heavy (non-hydrogen) atoms. The van der Waals surface area contributed by atoms with E-state index < -0.39 is 11.6 Å². The predicted octanol–water partition coefficient (Wildman–Crippen LogP) is 10.4. The van der Waals surface area contributed by atoms with Crippen LogP contribution in [0.1, 0.15) is 0 Å². The maximum atomic E-state index is 13.7. The summed E-state index contributed by atoms with van der Waals surface area (Å²) in [4.78, 5) is 13.9. The highest BCUT2D eigenvalue weighted by molar-refractivity contribution is 5.75. The fraction of sp³-hybridized carbons (Fsp3) is 0. The average molecular weight is 610 g/mol. The first-order chi connectivity index (χ1) is 22.4. The van der Waals surface area contributed by atoms with Gasteiger partial charge < -0.3 is 0 Å². The maximum absolute atomic E-state index is 13.7. The summed E-state index contributed by atoms with van der Waals surface area (Å²) >= 11 is 0. The fourth-order valence-corrected chi connectivity index (χ4v) is 5.20. The van der Waals surface area contributed by atoms with Gasteiger partial charge in [0, 0.05) is 22.8 Å². The van der Waals surface area contributed by atoms with Crippen LogP contribution in [0.2, 0.25) is 0 Å². The Kier molecular flexibility index (Phi) is 7.64. The van der Waals surface area contributed by atoms with Crippen molar-refractivity contribution in [3.05, 3.63) is 163 Å². The molecule has 0 saturated heterocycles. The third-order valence-corrected chi connectivity index (χ3v) is 7.62. The molecule has 222 valence electrons. The van der Waals surface area contributed by atoms with Gasteiger partial charge in [-0.25, -0.2) is 32.5 Å². The lowest BCUT2D eigenvalue weighted by Crippen LogP contribution is -2.00. The molecule has 0 unspecified atom stereocenters. The summed E-state index contributed by atoms with van der Waals surface area (Å²) in [5, 5.41) is 0. The van der Waals surface area contributed by atoms with Crippen molar-refractivity contribution in [1.82, 2.24) is 15.0 Å². The third kappa shape index (κ3) is 6.16. The largest absolute Gasteiger partial charge is 0.208 e. The van der Waals surface area contributed by atoms with Gasteiger partial charge in [0.15, 0.2) is 17.5 Å². The molecule has 0 aliphatic carbocycles. The van der Waals surface area contributed by atoms with Gasteiger partial charge in [-0.05, 0) is 94.0 Å². The first-order valence-corrected chi connectivity index (χ1v) is 14.4. The van der Waals surface area contributed by atoms with Gasteiger partial charge in [0.1, 0.15) is 23.3 Å². The molecule has 6 aromatic carbocycles. The molecule has 0 atom stereocenters. The molecular formula is C39H23F4N3. The minimum Gasteiger partial charge on any atom is -0.208 e. The van der Waals surface area contributed by atoms with E-state index in [0.29, 0.717) is 34.2 Å². The van der Waals surface area contributed by atoms with Crippen LogP contribution in [0.3, 0.4) is 0 Å². The molecule has 0 aliphatic heterocycles. The smallest absolute Gasteiger partial charge is 0.164 e. The fourth-order valence-electron chi connectivity index (χ4n) is 5.20. The number of halogens is 4. The van der Waals surface area contributed by atoms with E-state index in [-0.39, 0.29) is 11.6 Å². The van der Waals surface area contributed by atoms with E-state index in [0.717, 1.165) is 39.4 Å². The summed E-state index contributed by atoms with van der Waals surface area (Å²) in [7, 11) is 0. The number of nitrogens with zero attached hydrogens (tertiary/aromatic N) is 3. The van der Waals surface area contributed by atoms with E-state index in [1.807, 2.05) is 72.8 Å². The second-order valence-corrected chi connectivity index (χ2v) is 10.7. The Bertz CT molecular complexity index is 2060. The number of hydrogen-bond acceptors (Lipinski definition) is 3. The zero-order chi connectivity index (χ0) is 31.6. The van der Waals surface area contributed by atoms with E-state index >= 15 is 0 Å². The van der Waals surface area contributed by atoms with Gasteiger partial charge in [-0.1, -0.05) is 72.8 Å². The molecule has 0 saturated carbocycles.